The van der Waals surface area contributed by atoms with Gasteiger partial charge >= 0.3 is 0 Å². The maximum atomic E-state index is 12.1. The van der Waals surface area contributed by atoms with Crippen molar-refractivity contribution in [3.05, 3.63) is 34.3 Å². The van der Waals surface area contributed by atoms with Crippen LogP contribution in [0.3, 0.4) is 0 Å². The first-order chi connectivity index (χ1) is 9.06. The van der Waals surface area contributed by atoms with Crippen LogP contribution < -0.4 is 5.32 Å². The third kappa shape index (κ3) is 2.46. The lowest BCUT2D eigenvalue weighted by Crippen LogP contribution is -2.37. The lowest BCUT2D eigenvalue weighted by atomic mass is 10.1. The summed E-state index contributed by atoms with van der Waals surface area (Å²) >= 11 is 5.93. The van der Waals surface area contributed by atoms with Crippen LogP contribution in [-0.4, -0.2) is 35.7 Å². The molecular weight excluding hydrogens is 268 g/mol. The standard InChI is InChI=1S/C13H13ClN2O3/c1-2-10(17)15-6-7-16-12(18)8-4-3-5-9(14)11(8)13(16)19/h3-5H,2,6-7H2,1H3,(H,15,17). The number of nitrogens with zero attached hydrogens (tertiary/aromatic N) is 1. The van der Waals surface area contributed by atoms with Crippen molar-refractivity contribution in [2.45, 2.75) is 13.3 Å². The van der Waals surface area contributed by atoms with Crippen molar-refractivity contribution in [3.8, 4) is 0 Å². The highest BCUT2D eigenvalue weighted by Crippen LogP contribution is 2.28. The van der Waals surface area contributed by atoms with Crippen molar-refractivity contribution < 1.29 is 14.4 Å². The van der Waals surface area contributed by atoms with Gasteiger partial charge in [-0.2, -0.15) is 0 Å². The van der Waals surface area contributed by atoms with E-state index in [9.17, 15) is 14.4 Å². The molecule has 0 atom stereocenters. The van der Waals surface area contributed by atoms with E-state index in [1.54, 1.807) is 25.1 Å². The predicted octanol–water partition coefficient (Wildman–Crippen LogP) is 1.46. The molecule has 6 heteroatoms. The van der Waals surface area contributed by atoms with E-state index < -0.39 is 5.91 Å². The SMILES string of the molecule is CCC(=O)NCCN1C(=O)c2cccc(Cl)c2C1=O. The summed E-state index contributed by atoms with van der Waals surface area (Å²) in [4.78, 5) is 36.3. The van der Waals surface area contributed by atoms with Crippen LogP contribution in [0.25, 0.3) is 0 Å². The average molecular weight is 281 g/mol. The Bertz CT molecular complexity index is 557. The topological polar surface area (TPSA) is 66.5 Å². The quantitative estimate of drug-likeness (QED) is 0.849. The molecule has 1 aromatic rings. The number of imide groups is 1. The van der Waals surface area contributed by atoms with Gasteiger partial charge in [-0.1, -0.05) is 24.6 Å². The Balaban J connectivity index is 2.10. The number of carbonyl (C=O) groups is 3. The number of halogens is 1. The van der Waals surface area contributed by atoms with Crippen molar-refractivity contribution in [2.75, 3.05) is 13.1 Å². The molecule has 0 saturated carbocycles. The van der Waals surface area contributed by atoms with Crippen molar-refractivity contribution in [2.24, 2.45) is 0 Å². The van der Waals surface area contributed by atoms with Crippen LogP contribution in [0.5, 0.6) is 0 Å². The number of fused-ring (bicyclic) bond motifs is 1. The number of amides is 3. The number of benzene rings is 1. The van der Waals surface area contributed by atoms with E-state index in [0.717, 1.165) is 4.90 Å². The van der Waals surface area contributed by atoms with Gasteiger partial charge in [0.05, 0.1) is 16.1 Å². The van der Waals surface area contributed by atoms with E-state index in [2.05, 4.69) is 5.32 Å². The second-order valence-electron chi connectivity index (χ2n) is 4.13. The van der Waals surface area contributed by atoms with Crippen molar-refractivity contribution >= 4 is 29.3 Å². The first kappa shape index (κ1) is 13.5. The second kappa shape index (κ2) is 5.40. The number of nitrogens with one attached hydrogen (secondary N) is 1. The number of carbonyl (C=O) groups excluding carboxylic acids is 3. The fourth-order valence-electron chi connectivity index (χ4n) is 1.93. The molecule has 0 aromatic heterocycles. The molecule has 0 aliphatic carbocycles. The highest BCUT2D eigenvalue weighted by molar-refractivity contribution is 6.37. The van der Waals surface area contributed by atoms with Crippen LogP contribution in [0, 0.1) is 0 Å². The zero-order valence-corrected chi connectivity index (χ0v) is 11.2. The fraction of sp³-hybridized carbons (Fsp3) is 0.308. The molecule has 5 nitrogen and oxygen atoms in total. The Morgan fingerprint density at radius 2 is 2.05 bits per heavy atom. The van der Waals surface area contributed by atoms with Crippen LogP contribution in [-0.2, 0) is 4.79 Å². The Morgan fingerprint density at radius 3 is 2.68 bits per heavy atom. The lowest BCUT2D eigenvalue weighted by Gasteiger charge is -2.13. The van der Waals surface area contributed by atoms with Gasteiger partial charge in [-0.15, -0.1) is 0 Å². The normalized spacial score (nSPS) is 13.7. The lowest BCUT2D eigenvalue weighted by molar-refractivity contribution is -0.120. The minimum atomic E-state index is -0.406. The highest BCUT2D eigenvalue weighted by Gasteiger charge is 2.36. The Kier molecular flexibility index (Phi) is 3.85. The van der Waals surface area contributed by atoms with Gasteiger partial charge < -0.3 is 5.32 Å². The summed E-state index contributed by atoms with van der Waals surface area (Å²) in [7, 11) is 0. The predicted molar refractivity (Wildman–Crippen MR) is 70.1 cm³/mol. The number of hydrogen-bond donors (Lipinski definition) is 1. The molecule has 1 aromatic carbocycles. The molecule has 0 fully saturated rings. The molecule has 2 rings (SSSR count). The maximum Gasteiger partial charge on any atom is 0.263 e. The molecule has 19 heavy (non-hydrogen) atoms. The molecule has 0 radical (unpaired) electrons. The molecule has 0 unspecified atom stereocenters. The molecular formula is C13H13ClN2O3. The Morgan fingerprint density at radius 1 is 1.32 bits per heavy atom. The maximum absolute atomic E-state index is 12.1. The van der Waals surface area contributed by atoms with Crippen molar-refractivity contribution in [3.63, 3.8) is 0 Å². The van der Waals surface area contributed by atoms with E-state index in [-0.39, 0.29) is 35.5 Å². The van der Waals surface area contributed by atoms with E-state index in [0.29, 0.717) is 12.0 Å². The van der Waals surface area contributed by atoms with Crippen LogP contribution in [0.4, 0.5) is 0 Å². The molecule has 1 N–H and O–H groups in total. The number of hydrogen-bond acceptors (Lipinski definition) is 3. The van der Waals surface area contributed by atoms with E-state index in [1.165, 1.54) is 0 Å². The summed E-state index contributed by atoms with van der Waals surface area (Å²) in [6.07, 6.45) is 0.369. The summed E-state index contributed by atoms with van der Waals surface area (Å²) in [5.74, 6) is -0.890. The molecule has 1 aliphatic rings. The summed E-state index contributed by atoms with van der Waals surface area (Å²) in [5.41, 5.74) is 0.565. The van der Waals surface area contributed by atoms with E-state index in [4.69, 9.17) is 11.6 Å². The Hall–Kier alpha value is -1.88. The molecule has 0 spiro atoms. The molecule has 1 aliphatic heterocycles. The van der Waals surface area contributed by atoms with Gasteiger partial charge in [0, 0.05) is 19.5 Å². The van der Waals surface area contributed by atoms with Crippen LogP contribution in [0.2, 0.25) is 5.02 Å². The zero-order chi connectivity index (χ0) is 14.0. The minimum Gasteiger partial charge on any atom is -0.354 e. The second-order valence-corrected chi connectivity index (χ2v) is 4.54. The number of rotatable bonds is 4. The summed E-state index contributed by atoms with van der Waals surface area (Å²) in [6.45, 7) is 2.13. The van der Waals surface area contributed by atoms with Crippen molar-refractivity contribution in [1.29, 1.82) is 0 Å². The average Bonchev–Trinajstić information content (AvgIpc) is 2.64. The molecule has 1 heterocycles. The summed E-state index contributed by atoms with van der Waals surface area (Å²) < 4.78 is 0. The highest BCUT2D eigenvalue weighted by atomic mass is 35.5. The molecule has 0 bridgehead atoms. The van der Waals surface area contributed by atoms with Gasteiger partial charge in [-0.05, 0) is 12.1 Å². The van der Waals surface area contributed by atoms with Gasteiger partial charge in [0.2, 0.25) is 5.91 Å². The van der Waals surface area contributed by atoms with E-state index in [1.807, 2.05) is 0 Å². The fourth-order valence-corrected chi connectivity index (χ4v) is 2.18. The van der Waals surface area contributed by atoms with Crippen molar-refractivity contribution in [1.82, 2.24) is 10.2 Å². The third-order valence-electron chi connectivity index (χ3n) is 2.93. The first-order valence-electron chi connectivity index (χ1n) is 5.97. The minimum absolute atomic E-state index is 0.116. The monoisotopic (exact) mass is 280 g/mol. The van der Waals surface area contributed by atoms with Gasteiger partial charge in [-0.25, -0.2) is 0 Å². The van der Waals surface area contributed by atoms with Crippen LogP contribution >= 0.6 is 11.6 Å². The largest absolute Gasteiger partial charge is 0.354 e. The van der Waals surface area contributed by atoms with Crippen LogP contribution in [0.15, 0.2) is 18.2 Å². The van der Waals surface area contributed by atoms with E-state index >= 15 is 0 Å². The molecule has 100 valence electrons. The van der Waals surface area contributed by atoms with Crippen LogP contribution in [0.1, 0.15) is 34.1 Å². The molecule has 3 amide bonds. The summed E-state index contributed by atoms with van der Waals surface area (Å²) in [6, 6.07) is 4.79. The van der Waals surface area contributed by atoms with Gasteiger partial charge in [-0.3, -0.25) is 19.3 Å². The smallest absolute Gasteiger partial charge is 0.263 e. The first-order valence-corrected chi connectivity index (χ1v) is 6.35. The Labute approximate surface area is 115 Å². The molecule has 0 saturated heterocycles. The van der Waals surface area contributed by atoms with Gasteiger partial charge in [0.1, 0.15) is 0 Å². The summed E-state index contributed by atoms with van der Waals surface area (Å²) in [5, 5.41) is 2.90. The van der Waals surface area contributed by atoms with Gasteiger partial charge in [0.25, 0.3) is 11.8 Å². The zero-order valence-electron chi connectivity index (χ0n) is 10.4. The third-order valence-corrected chi connectivity index (χ3v) is 3.24. The van der Waals surface area contributed by atoms with Gasteiger partial charge in [0.15, 0.2) is 0 Å².